The number of nitriles is 1. The summed E-state index contributed by atoms with van der Waals surface area (Å²) in [5, 5.41) is 19.6. The van der Waals surface area contributed by atoms with Gasteiger partial charge in [0.2, 0.25) is 0 Å². The molecular weight excluding hydrogens is 278 g/mol. The molecule has 0 fully saturated rings. The van der Waals surface area contributed by atoms with Crippen LogP contribution in [0.15, 0.2) is 23.3 Å². The van der Waals surface area contributed by atoms with E-state index >= 15 is 0 Å². The SMILES string of the molecule is CCN(C(=O)c1cc(C)ccc1NN=CC=N)C(C)CC#N. The van der Waals surface area contributed by atoms with Gasteiger partial charge in [-0.15, -0.1) is 0 Å². The molecule has 0 radical (unpaired) electrons. The smallest absolute Gasteiger partial charge is 0.256 e. The van der Waals surface area contributed by atoms with Crippen molar-refractivity contribution in [1.82, 2.24) is 4.90 Å². The largest absolute Gasteiger partial charge is 0.335 e. The predicted molar refractivity (Wildman–Crippen MR) is 88.5 cm³/mol. The minimum absolute atomic E-state index is 0.137. The van der Waals surface area contributed by atoms with E-state index < -0.39 is 0 Å². The maximum absolute atomic E-state index is 12.8. The fraction of sp³-hybridized carbons (Fsp3) is 0.375. The second kappa shape index (κ2) is 8.57. The van der Waals surface area contributed by atoms with Gasteiger partial charge in [-0.2, -0.15) is 10.4 Å². The van der Waals surface area contributed by atoms with E-state index in [1.54, 1.807) is 17.0 Å². The minimum Gasteiger partial charge on any atom is -0.335 e. The quantitative estimate of drug-likeness (QED) is 0.599. The summed E-state index contributed by atoms with van der Waals surface area (Å²) in [6.07, 6.45) is 2.64. The molecule has 0 aliphatic carbocycles. The van der Waals surface area contributed by atoms with Gasteiger partial charge in [0.1, 0.15) is 0 Å². The zero-order chi connectivity index (χ0) is 16.5. The Morgan fingerprint density at radius 2 is 2.32 bits per heavy atom. The van der Waals surface area contributed by atoms with Gasteiger partial charge < -0.3 is 10.3 Å². The van der Waals surface area contributed by atoms with Gasteiger partial charge in [0, 0.05) is 18.8 Å². The molecule has 0 aromatic heterocycles. The van der Waals surface area contributed by atoms with Crippen molar-refractivity contribution < 1.29 is 4.79 Å². The molecule has 1 amide bonds. The number of aryl methyl sites for hydroxylation is 1. The van der Waals surface area contributed by atoms with Crippen LogP contribution in [0.25, 0.3) is 0 Å². The van der Waals surface area contributed by atoms with Crippen molar-refractivity contribution >= 4 is 24.0 Å². The standard InChI is InChI=1S/C16H21N5O/c1-4-21(13(3)7-8-17)16(22)14-11-12(2)5-6-15(14)20-19-10-9-18/h5-6,9-11,13,18,20H,4,7H2,1-3H3. The van der Waals surface area contributed by atoms with Crippen molar-refractivity contribution in [2.45, 2.75) is 33.2 Å². The van der Waals surface area contributed by atoms with Crippen molar-refractivity contribution in [3.8, 4) is 6.07 Å². The molecule has 22 heavy (non-hydrogen) atoms. The first kappa shape index (κ1) is 17.4. The van der Waals surface area contributed by atoms with Crippen molar-refractivity contribution in [3.05, 3.63) is 29.3 Å². The summed E-state index contributed by atoms with van der Waals surface area (Å²) in [4.78, 5) is 14.4. The van der Waals surface area contributed by atoms with Crippen LogP contribution in [0.2, 0.25) is 0 Å². The third kappa shape index (κ3) is 4.42. The maximum atomic E-state index is 12.8. The average Bonchev–Trinajstić information content (AvgIpc) is 2.49. The molecule has 1 unspecified atom stereocenters. The summed E-state index contributed by atoms with van der Waals surface area (Å²) in [6.45, 7) is 6.19. The number of anilines is 1. The number of hydrogen-bond acceptors (Lipinski definition) is 5. The van der Waals surface area contributed by atoms with Crippen LogP contribution in [0.3, 0.4) is 0 Å². The lowest BCUT2D eigenvalue weighted by molar-refractivity contribution is 0.0707. The molecular formula is C16H21N5O. The lowest BCUT2D eigenvalue weighted by Crippen LogP contribution is -2.38. The minimum atomic E-state index is -0.152. The van der Waals surface area contributed by atoms with Gasteiger partial charge in [-0.1, -0.05) is 11.6 Å². The Morgan fingerprint density at radius 3 is 2.91 bits per heavy atom. The van der Waals surface area contributed by atoms with Crippen molar-refractivity contribution in [2.75, 3.05) is 12.0 Å². The molecule has 0 saturated heterocycles. The number of hydrazone groups is 1. The molecule has 1 rings (SSSR count). The van der Waals surface area contributed by atoms with E-state index in [2.05, 4.69) is 16.6 Å². The molecule has 1 atom stereocenters. The molecule has 1 aromatic carbocycles. The van der Waals surface area contributed by atoms with E-state index in [1.807, 2.05) is 26.8 Å². The summed E-state index contributed by atoms with van der Waals surface area (Å²) in [5.41, 5.74) is 4.83. The molecule has 0 bridgehead atoms. The molecule has 0 saturated carbocycles. The Labute approximate surface area is 130 Å². The second-order valence-corrected chi connectivity index (χ2v) is 4.91. The highest BCUT2D eigenvalue weighted by Gasteiger charge is 2.22. The van der Waals surface area contributed by atoms with E-state index in [9.17, 15) is 4.79 Å². The van der Waals surface area contributed by atoms with Gasteiger partial charge in [-0.25, -0.2) is 0 Å². The summed E-state index contributed by atoms with van der Waals surface area (Å²) >= 11 is 0. The van der Waals surface area contributed by atoms with E-state index in [0.29, 0.717) is 24.2 Å². The fourth-order valence-corrected chi connectivity index (χ4v) is 2.13. The highest BCUT2D eigenvalue weighted by atomic mass is 16.2. The molecule has 6 heteroatoms. The number of nitrogens with zero attached hydrogens (tertiary/aromatic N) is 3. The second-order valence-electron chi connectivity index (χ2n) is 4.91. The first-order valence-corrected chi connectivity index (χ1v) is 7.11. The van der Waals surface area contributed by atoms with Gasteiger partial charge in [-0.05, 0) is 32.9 Å². The van der Waals surface area contributed by atoms with E-state index in [4.69, 9.17) is 10.7 Å². The Kier molecular flexibility index (Phi) is 6.77. The molecule has 6 nitrogen and oxygen atoms in total. The third-order valence-corrected chi connectivity index (χ3v) is 3.26. The summed E-state index contributed by atoms with van der Waals surface area (Å²) in [5.74, 6) is -0.137. The van der Waals surface area contributed by atoms with Crippen LogP contribution in [-0.2, 0) is 0 Å². The van der Waals surface area contributed by atoms with Gasteiger partial charge in [0.25, 0.3) is 5.91 Å². The van der Waals surface area contributed by atoms with E-state index in [-0.39, 0.29) is 11.9 Å². The Balaban J connectivity index is 3.13. The highest BCUT2D eigenvalue weighted by Crippen LogP contribution is 2.21. The summed E-state index contributed by atoms with van der Waals surface area (Å²) in [6, 6.07) is 7.41. The van der Waals surface area contributed by atoms with E-state index in [0.717, 1.165) is 11.8 Å². The number of carbonyl (C=O) groups excluding carboxylic acids is 1. The third-order valence-electron chi connectivity index (χ3n) is 3.26. The normalized spacial score (nSPS) is 11.7. The first-order chi connectivity index (χ1) is 10.5. The monoisotopic (exact) mass is 299 g/mol. The van der Waals surface area contributed by atoms with E-state index in [1.165, 1.54) is 6.21 Å². The van der Waals surface area contributed by atoms with Crippen LogP contribution in [-0.4, -0.2) is 35.8 Å². The molecule has 0 aliphatic rings. The lowest BCUT2D eigenvalue weighted by Gasteiger charge is -2.27. The first-order valence-electron chi connectivity index (χ1n) is 7.11. The molecule has 2 N–H and O–H groups in total. The van der Waals surface area contributed by atoms with Crippen LogP contribution in [0.1, 0.15) is 36.2 Å². The van der Waals surface area contributed by atoms with Crippen LogP contribution in [0.5, 0.6) is 0 Å². The van der Waals surface area contributed by atoms with Crippen molar-refractivity contribution in [2.24, 2.45) is 5.10 Å². The molecule has 1 aromatic rings. The van der Waals surface area contributed by atoms with Crippen LogP contribution in [0.4, 0.5) is 5.69 Å². The maximum Gasteiger partial charge on any atom is 0.256 e. The van der Waals surface area contributed by atoms with Crippen LogP contribution < -0.4 is 5.43 Å². The summed E-state index contributed by atoms with van der Waals surface area (Å²) in [7, 11) is 0. The fourth-order valence-electron chi connectivity index (χ4n) is 2.13. The molecule has 0 aliphatic heterocycles. The highest BCUT2D eigenvalue weighted by molar-refractivity contribution is 6.14. The zero-order valence-electron chi connectivity index (χ0n) is 13.1. The number of amides is 1. The van der Waals surface area contributed by atoms with Gasteiger partial charge in [0.05, 0.1) is 30.0 Å². The zero-order valence-corrected chi connectivity index (χ0v) is 13.1. The van der Waals surface area contributed by atoms with Gasteiger partial charge in [0.15, 0.2) is 0 Å². The number of hydrogen-bond donors (Lipinski definition) is 2. The van der Waals surface area contributed by atoms with Gasteiger partial charge in [-0.3, -0.25) is 10.2 Å². The number of nitrogens with one attached hydrogen (secondary N) is 2. The Hall–Kier alpha value is -2.68. The number of rotatable bonds is 7. The van der Waals surface area contributed by atoms with Crippen LogP contribution >= 0.6 is 0 Å². The Bertz CT molecular complexity index is 603. The lowest BCUT2D eigenvalue weighted by atomic mass is 10.1. The van der Waals surface area contributed by atoms with Crippen molar-refractivity contribution in [1.29, 1.82) is 10.7 Å². The van der Waals surface area contributed by atoms with Crippen LogP contribution in [0, 0.1) is 23.7 Å². The van der Waals surface area contributed by atoms with Gasteiger partial charge >= 0.3 is 0 Å². The van der Waals surface area contributed by atoms with Crippen molar-refractivity contribution in [3.63, 3.8) is 0 Å². The topological polar surface area (TPSA) is 92.3 Å². The average molecular weight is 299 g/mol. The molecule has 0 spiro atoms. The number of benzene rings is 1. The predicted octanol–water partition coefficient (Wildman–Crippen LogP) is 2.81. The molecule has 0 heterocycles. The number of carbonyl (C=O) groups is 1. The molecule has 116 valence electrons. The summed E-state index contributed by atoms with van der Waals surface area (Å²) < 4.78 is 0. The Morgan fingerprint density at radius 1 is 1.59 bits per heavy atom.